The second-order valence-electron chi connectivity index (χ2n) is 10.6. The van der Waals surface area contributed by atoms with E-state index in [1.165, 1.54) is 36.4 Å². The van der Waals surface area contributed by atoms with Crippen molar-refractivity contribution >= 4 is 47.0 Å². The number of ether oxygens (including phenoxy) is 1. The molecule has 1 aromatic heterocycles. The van der Waals surface area contributed by atoms with E-state index in [2.05, 4.69) is 23.4 Å². The lowest BCUT2D eigenvalue weighted by Gasteiger charge is -2.19. The van der Waals surface area contributed by atoms with Crippen molar-refractivity contribution in [3.05, 3.63) is 109 Å². The van der Waals surface area contributed by atoms with Crippen molar-refractivity contribution in [1.29, 1.82) is 0 Å². The van der Waals surface area contributed by atoms with Gasteiger partial charge in [0, 0.05) is 47.0 Å². The van der Waals surface area contributed by atoms with Crippen LogP contribution in [-0.4, -0.2) is 77.1 Å². The quantitative estimate of drug-likeness (QED) is 0.0981. The van der Waals surface area contributed by atoms with Gasteiger partial charge in [-0.15, -0.1) is 0 Å². The number of nitrogens with one attached hydrogen (secondary N) is 2. The van der Waals surface area contributed by atoms with Crippen LogP contribution in [0.2, 0.25) is 0 Å². The number of H-pyrrole nitrogens is 1. The van der Waals surface area contributed by atoms with Crippen LogP contribution in [0.1, 0.15) is 60.4 Å². The summed E-state index contributed by atoms with van der Waals surface area (Å²) < 4.78 is 52.3. The molecule has 0 spiro atoms. The molecule has 2 heterocycles. The van der Waals surface area contributed by atoms with Crippen molar-refractivity contribution in [2.45, 2.75) is 24.9 Å². The molecule has 0 radical (unpaired) electrons. The van der Waals surface area contributed by atoms with Gasteiger partial charge in [-0.05, 0) is 18.2 Å². The Kier molecular flexibility index (Phi) is 10.7. The van der Waals surface area contributed by atoms with Crippen molar-refractivity contribution in [3.63, 3.8) is 0 Å². The topological polar surface area (TPSA) is 307 Å². The minimum Gasteiger partial charge on any atom is -0.390 e. The number of aromatic amines is 1. The third-order valence-electron chi connectivity index (χ3n) is 7.19. The highest BCUT2D eigenvalue weighted by atomic mass is 31.3. The van der Waals surface area contributed by atoms with Gasteiger partial charge in [0.15, 0.2) is 11.6 Å². The molecule has 0 saturated carbocycles. The Balaban J connectivity index is 1.20. The van der Waals surface area contributed by atoms with Gasteiger partial charge in [-0.2, -0.15) is 8.62 Å². The number of hydrogen-bond donors (Lipinski definition) is 7. The molecule has 20 nitrogen and oxygen atoms in total. The first kappa shape index (κ1) is 37.3. The Morgan fingerprint density at radius 3 is 2.24 bits per heavy atom. The van der Waals surface area contributed by atoms with Crippen molar-refractivity contribution in [2.24, 2.45) is 0 Å². The summed E-state index contributed by atoms with van der Waals surface area (Å²) >= 11 is 0. The summed E-state index contributed by atoms with van der Waals surface area (Å²) in [6.45, 7) is -1.10. The molecular formula is C27H26N3O17P3. The standard InChI is InChI=1S/C27H26N3O17P3/c31-20-11-22(45-21(20)13-44-49(40,41)47-50(42,43)46-48(37,38)39)30-12-15(26(35)29-27(30)36)4-3-9-28-25(34)14-7-8-18-19(10-14)24(33)17-6-2-1-5-16(17)23(18)32/h1-8,10,12,20-22,31H,9,11,13H2,(H,28,34)(H,40,41)(H,42,43)(H,29,35,36)(H2,37,38,39)/b4-3+/t20-,21+,22+/m0/s1. The van der Waals surface area contributed by atoms with Gasteiger partial charge in [-0.3, -0.25) is 33.3 Å². The van der Waals surface area contributed by atoms with Gasteiger partial charge in [-0.1, -0.05) is 36.4 Å². The van der Waals surface area contributed by atoms with Gasteiger partial charge in [0.25, 0.3) is 11.5 Å². The third kappa shape index (κ3) is 8.65. The van der Waals surface area contributed by atoms with Gasteiger partial charge >= 0.3 is 29.2 Å². The van der Waals surface area contributed by atoms with Crippen LogP contribution in [0.4, 0.5) is 0 Å². The molecule has 1 fully saturated rings. The molecule has 3 aromatic rings. The molecule has 266 valence electrons. The van der Waals surface area contributed by atoms with Crippen molar-refractivity contribution < 1.29 is 70.6 Å². The Morgan fingerprint density at radius 2 is 1.58 bits per heavy atom. The maximum absolute atomic E-state index is 13.0. The van der Waals surface area contributed by atoms with Gasteiger partial charge in [0.05, 0.1) is 18.3 Å². The molecule has 5 atom stereocenters. The lowest BCUT2D eigenvalue weighted by atomic mass is 9.83. The van der Waals surface area contributed by atoms with Gasteiger partial charge in [0.1, 0.15) is 12.3 Å². The minimum atomic E-state index is -5.78. The maximum atomic E-state index is 13.0. The molecule has 1 aliphatic carbocycles. The largest absolute Gasteiger partial charge is 0.490 e. The van der Waals surface area contributed by atoms with Crippen LogP contribution >= 0.6 is 23.5 Å². The van der Waals surface area contributed by atoms with Crippen LogP contribution in [0.5, 0.6) is 0 Å². The highest BCUT2D eigenvalue weighted by Crippen LogP contribution is 2.66. The van der Waals surface area contributed by atoms with Gasteiger partial charge < -0.3 is 34.7 Å². The number of fused-ring (bicyclic) bond motifs is 2. The predicted molar refractivity (Wildman–Crippen MR) is 167 cm³/mol. The number of aliphatic hydroxyl groups excluding tert-OH is 1. The van der Waals surface area contributed by atoms with E-state index in [0.29, 0.717) is 0 Å². The number of carbonyl (C=O) groups excluding carboxylic acids is 3. The zero-order chi connectivity index (χ0) is 36.6. The number of benzene rings is 2. The molecule has 2 aliphatic rings. The second-order valence-corrected chi connectivity index (χ2v) is 15.1. The lowest BCUT2D eigenvalue weighted by molar-refractivity contribution is -0.0450. The number of rotatable bonds is 12. The minimum absolute atomic E-state index is 0.0844. The van der Waals surface area contributed by atoms with Crippen LogP contribution < -0.4 is 16.6 Å². The molecule has 50 heavy (non-hydrogen) atoms. The van der Waals surface area contributed by atoms with Gasteiger partial charge in [-0.25, -0.2) is 18.5 Å². The molecule has 5 rings (SSSR count). The Labute approximate surface area is 279 Å². The highest BCUT2D eigenvalue weighted by molar-refractivity contribution is 7.66. The first-order valence-corrected chi connectivity index (χ1v) is 18.6. The number of aliphatic hydroxyl groups is 1. The highest BCUT2D eigenvalue weighted by Gasteiger charge is 2.43. The first-order valence-electron chi connectivity index (χ1n) is 14.1. The molecule has 2 unspecified atom stereocenters. The summed E-state index contributed by atoms with van der Waals surface area (Å²) in [4.78, 5) is 102. The van der Waals surface area contributed by atoms with E-state index in [0.717, 1.165) is 10.8 Å². The molecule has 23 heteroatoms. The Hall–Kier alpha value is -4.00. The van der Waals surface area contributed by atoms with Gasteiger partial charge in [0.2, 0.25) is 0 Å². The summed E-state index contributed by atoms with van der Waals surface area (Å²) in [6, 6.07) is 10.5. The van der Waals surface area contributed by atoms with Crippen LogP contribution in [-0.2, 0) is 31.6 Å². The normalized spacial score (nSPS) is 21.3. The average Bonchev–Trinajstić information content (AvgIpc) is 3.39. The number of amides is 1. The van der Waals surface area contributed by atoms with Crippen molar-refractivity contribution in [2.75, 3.05) is 13.2 Å². The fourth-order valence-corrected chi connectivity index (χ4v) is 8.05. The maximum Gasteiger partial charge on any atom is 0.490 e. The van der Waals surface area contributed by atoms with E-state index in [4.69, 9.17) is 14.5 Å². The molecule has 0 bridgehead atoms. The molecular weight excluding hydrogens is 731 g/mol. The number of nitrogens with zero attached hydrogens (tertiary/aromatic N) is 1. The van der Waals surface area contributed by atoms with E-state index in [-0.39, 0.29) is 52.1 Å². The average molecular weight is 757 g/mol. The molecule has 1 amide bonds. The molecule has 1 aliphatic heterocycles. The Morgan fingerprint density at radius 1 is 0.940 bits per heavy atom. The van der Waals surface area contributed by atoms with E-state index in [1.807, 2.05) is 0 Å². The number of phosphoric ester groups is 1. The molecule has 2 aromatic carbocycles. The van der Waals surface area contributed by atoms with Crippen molar-refractivity contribution in [3.8, 4) is 0 Å². The zero-order valence-electron chi connectivity index (χ0n) is 25.1. The lowest BCUT2D eigenvalue weighted by Crippen LogP contribution is -2.33. The Bertz CT molecular complexity index is 2170. The smallest absolute Gasteiger partial charge is 0.390 e. The third-order valence-corrected chi connectivity index (χ3v) is 11.0. The van der Waals surface area contributed by atoms with E-state index < -0.39 is 71.5 Å². The number of hydrogen-bond acceptors (Lipinski definition) is 13. The summed E-state index contributed by atoms with van der Waals surface area (Å²) in [5.41, 5.74) is -1.02. The van der Waals surface area contributed by atoms with Crippen molar-refractivity contribution in [1.82, 2.24) is 14.9 Å². The summed E-state index contributed by atoms with van der Waals surface area (Å²) in [7, 11) is -16.9. The predicted octanol–water partition coefficient (Wildman–Crippen LogP) is 0.747. The summed E-state index contributed by atoms with van der Waals surface area (Å²) in [6.07, 6.45) is -0.755. The fraction of sp³-hybridized carbons (Fsp3) is 0.222. The van der Waals surface area contributed by atoms with E-state index in [9.17, 15) is 52.6 Å². The monoisotopic (exact) mass is 757 g/mol. The fourth-order valence-electron chi connectivity index (χ4n) is 5.02. The number of carbonyl (C=O) groups is 3. The van der Waals surface area contributed by atoms with Crippen LogP contribution in [0.15, 0.2) is 64.3 Å². The van der Waals surface area contributed by atoms with E-state index in [1.54, 1.807) is 18.2 Å². The first-order chi connectivity index (χ1) is 23.3. The number of ketones is 2. The SMILES string of the molecule is O=C(NC/C=C/c1cn([C@H]2C[C@H](O)[C@@H](COP(=O)(O)OP(=O)(O)OP(=O)(O)O)O2)c(=O)[nH]c1=O)c1ccc2c(c1)C(=O)c1ccccc1C2=O. The molecule has 7 N–H and O–H groups in total. The molecule has 1 saturated heterocycles. The second kappa shape index (κ2) is 14.3. The summed E-state index contributed by atoms with van der Waals surface area (Å²) in [5.74, 6) is -1.33. The van der Waals surface area contributed by atoms with E-state index >= 15 is 0 Å². The van der Waals surface area contributed by atoms with Crippen LogP contribution in [0.3, 0.4) is 0 Å². The van der Waals surface area contributed by atoms with Crippen LogP contribution in [0, 0.1) is 0 Å². The number of phosphoric acid groups is 3. The van der Waals surface area contributed by atoms with Crippen LogP contribution in [0.25, 0.3) is 6.08 Å². The zero-order valence-corrected chi connectivity index (χ0v) is 27.7. The number of aromatic nitrogens is 2. The summed E-state index contributed by atoms with van der Waals surface area (Å²) in [5, 5.41) is 12.9.